The van der Waals surface area contributed by atoms with Crippen molar-refractivity contribution in [2.45, 2.75) is 18.7 Å². The number of hydrogen-bond acceptors (Lipinski definition) is 4. The predicted octanol–water partition coefficient (Wildman–Crippen LogP) is 4.04. The highest BCUT2D eigenvalue weighted by molar-refractivity contribution is 9.10. The molecule has 0 aromatic heterocycles. The third-order valence-corrected chi connectivity index (χ3v) is 6.68. The van der Waals surface area contributed by atoms with Gasteiger partial charge in [0.05, 0.1) is 16.3 Å². The first-order valence-electron chi connectivity index (χ1n) is 8.59. The number of aryl methyl sites for hydroxylation is 2. The van der Waals surface area contributed by atoms with Crippen LogP contribution in [0.5, 0.6) is 0 Å². The third kappa shape index (κ3) is 5.16. The first-order chi connectivity index (χ1) is 12.3. The molecule has 0 saturated carbocycles. The van der Waals surface area contributed by atoms with Gasteiger partial charge in [-0.25, -0.2) is 8.42 Å². The minimum atomic E-state index is -3.66. The molecule has 1 fully saturated rings. The van der Waals surface area contributed by atoms with Gasteiger partial charge in [-0.2, -0.15) is 0 Å². The Labute approximate surface area is 176 Å². The molecule has 2 aromatic rings. The molecule has 0 atom stereocenters. The Balaban J connectivity index is 0.00000261. The van der Waals surface area contributed by atoms with Crippen LogP contribution in [0.15, 0.2) is 45.8 Å². The molecule has 1 aliphatic rings. The second kappa shape index (κ2) is 8.82. The molecule has 5 nitrogen and oxygen atoms in total. The van der Waals surface area contributed by atoms with Gasteiger partial charge >= 0.3 is 0 Å². The number of halogens is 2. The van der Waals surface area contributed by atoms with Gasteiger partial charge in [0.2, 0.25) is 0 Å². The molecular weight excluding hydrogens is 450 g/mol. The van der Waals surface area contributed by atoms with Gasteiger partial charge in [-0.1, -0.05) is 28.1 Å². The Morgan fingerprint density at radius 2 is 1.67 bits per heavy atom. The van der Waals surface area contributed by atoms with Crippen LogP contribution in [0, 0.1) is 13.8 Å². The zero-order valence-electron chi connectivity index (χ0n) is 15.7. The van der Waals surface area contributed by atoms with E-state index in [0.717, 1.165) is 47.5 Å². The topological polar surface area (TPSA) is 52.7 Å². The Morgan fingerprint density at radius 3 is 2.33 bits per heavy atom. The maximum atomic E-state index is 13.0. The SMILES string of the molecule is Cc1ccc(C)c(S(=O)(=O)Nc2cc(Br)ccc2N2CCN(C)CC2)c1.Cl. The van der Waals surface area contributed by atoms with E-state index in [0.29, 0.717) is 10.6 Å². The molecule has 1 N–H and O–H groups in total. The highest BCUT2D eigenvalue weighted by Gasteiger charge is 2.22. The van der Waals surface area contributed by atoms with Crippen LogP contribution in [0.2, 0.25) is 0 Å². The molecule has 0 unspecified atom stereocenters. The smallest absolute Gasteiger partial charge is 0.262 e. The van der Waals surface area contributed by atoms with E-state index in [4.69, 9.17) is 0 Å². The molecule has 2 aromatic carbocycles. The maximum Gasteiger partial charge on any atom is 0.262 e. The van der Waals surface area contributed by atoms with Crippen molar-refractivity contribution in [1.82, 2.24) is 4.90 Å². The summed E-state index contributed by atoms with van der Waals surface area (Å²) in [7, 11) is -1.56. The summed E-state index contributed by atoms with van der Waals surface area (Å²) < 4.78 is 29.7. The second-order valence-electron chi connectivity index (χ2n) is 6.83. The largest absolute Gasteiger partial charge is 0.367 e. The maximum absolute atomic E-state index is 13.0. The minimum absolute atomic E-state index is 0. The third-order valence-electron chi connectivity index (χ3n) is 4.68. The summed E-state index contributed by atoms with van der Waals surface area (Å²) >= 11 is 3.46. The highest BCUT2D eigenvalue weighted by Crippen LogP contribution is 2.32. The molecule has 148 valence electrons. The number of nitrogens with zero attached hydrogens (tertiary/aromatic N) is 2. The van der Waals surface area contributed by atoms with E-state index in [1.54, 1.807) is 6.07 Å². The lowest BCUT2D eigenvalue weighted by atomic mass is 10.2. The van der Waals surface area contributed by atoms with Gasteiger partial charge in [0, 0.05) is 30.7 Å². The lowest BCUT2D eigenvalue weighted by Crippen LogP contribution is -2.44. The van der Waals surface area contributed by atoms with Gasteiger partial charge in [-0.05, 0) is 56.3 Å². The van der Waals surface area contributed by atoms with E-state index < -0.39 is 10.0 Å². The van der Waals surface area contributed by atoms with Crippen LogP contribution in [-0.4, -0.2) is 46.5 Å². The molecule has 1 heterocycles. The highest BCUT2D eigenvalue weighted by atomic mass is 79.9. The lowest BCUT2D eigenvalue weighted by molar-refractivity contribution is 0.313. The minimum Gasteiger partial charge on any atom is -0.367 e. The Hall–Kier alpha value is -1.28. The van der Waals surface area contributed by atoms with E-state index in [1.807, 2.05) is 44.2 Å². The van der Waals surface area contributed by atoms with Gasteiger partial charge in [0.25, 0.3) is 10.0 Å². The molecule has 3 rings (SSSR count). The molecule has 1 saturated heterocycles. The Morgan fingerprint density at radius 1 is 1.00 bits per heavy atom. The summed E-state index contributed by atoms with van der Waals surface area (Å²) in [5.74, 6) is 0. The van der Waals surface area contributed by atoms with Crippen LogP contribution in [0.1, 0.15) is 11.1 Å². The van der Waals surface area contributed by atoms with Crippen molar-refractivity contribution < 1.29 is 8.42 Å². The molecule has 27 heavy (non-hydrogen) atoms. The van der Waals surface area contributed by atoms with Crippen LogP contribution < -0.4 is 9.62 Å². The van der Waals surface area contributed by atoms with E-state index in [2.05, 4.69) is 37.5 Å². The van der Waals surface area contributed by atoms with E-state index in [9.17, 15) is 8.42 Å². The standard InChI is InChI=1S/C19H24BrN3O2S.ClH/c1-14-4-5-15(2)19(12-14)26(24,25)21-17-13-16(20)6-7-18(17)23-10-8-22(3)9-11-23;/h4-7,12-13,21H,8-11H2,1-3H3;1H. The van der Waals surface area contributed by atoms with Gasteiger partial charge in [0.15, 0.2) is 0 Å². The van der Waals surface area contributed by atoms with Crippen molar-refractivity contribution in [3.63, 3.8) is 0 Å². The summed E-state index contributed by atoms with van der Waals surface area (Å²) in [6.45, 7) is 7.37. The van der Waals surface area contributed by atoms with Crippen molar-refractivity contribution in [3.05, 3.63) is 52.0 Å². The average Bonchev–Trinajstić information content (AvgIpc) is 2.58. The van der Waals surface area contributed by atoms with Crippen molar-refractivity contribution in [2.75, 3.05) is 42.8 Å². The van der Waals surface area contributed by atoms with Gasteiger partial charge < -0.3 is 9.80 Å². The van der Waals surface area contributed by atoms with Crippen molar-refractivity contribution in [3.8, 4) is 0 Å². The van der Waals surface area contributed by atoms with Gasteiger partial charge in [-0.15, -0.1) is 12.4 Å². The van der Waals surface area contributed by atoms with Crippen LogP contribution in [0.3, 0.4) is 0 Å². The van der Waals surface area contributed by atoms with Crippen molar-refractivity contribution in [1.29, 1.82) is 0 Å². The number of sulfonamides is 1. The molecule has 0 amide bonds. The number of hydrogen-bond donors (Lipinski definition) is 1. The summed E-state index contributed by atoms with van der Waals surface area (Å²) in [5.41, 5.74) is 3.17. The molecule has 0 spiro atoms. The lowest BCUT2D eigenvalue weighted by Gasteiger charge is -2.35. The molecule has 8 heteroatoms. The van der Waals surface area contributed by atoms with E-state index >= 15 is 0 Å². The van der Waals surface area contributed by atoms with Crippen LogP contribution in [0.25, 0.3) is 0 Å². The molecule has 0 radical (unpaired) electrons. The van der Waals surface area contributed by atoms with Gasteiger partial charge in [-0.3, -0.25) is 4.72 Å². The van der Waals surface area contributed by atoms with Crippen molar-refractivity contribution >= 4 is 49.7 Å². The zero-order chi connectivity index (χ0) is 18.9. The quantitative estimate of drug-likeness (QED) is 0.726. The fraction of sp³-hybridized carbons (Fsp3) is 0.368. The van der Waals surface area contributed by atoms with E-state index in [-0.39, 0.29) is 12.4 Å². The Kier molecular flexibility index (Phi) is 7.19. The van der Waals surface area contributed by atoms with Crippen LogP contribution >= 0.6 is 28.3 Å². The first kappa shape index (κ1) is 22.0. The number of benzene rings is 2. The van der Waals surface area contributed by atoms with Crippen molar-refractivity contribution in [2.24, 2.45) is 0 Å². The zero-order valence-corrected chi connectivity index (χ0v) is 18.9. The Bertz CT molecular complexity index is 913. The second-order valence-corrected chi connectivity index (χ2v) is 9.39. The van der Waals surface area contributed by atoms with E-state index in [1.165, 1.54) is 0 Å². The number of piperazine rings is 1. The monoisotopic (exact) mass is 473 g/mol. The van der Waals surface area contributed by atoms with Crippen LogP contribution in [0.4, 0.5) is 11.4 Å². The van der Waals surface area contributed by atoms with Crippen LogP contribution in [-0.2, 0) is 10.0 Å². The van der Waals surface area contributed by atoms with Gasteiger partial charge in [0.1, 0.15) is 0 Å². The number of likely N-dealkylation sites (N-methyl/N-ethyl adjacent to an activating group) is 1. The number of anilines is 2. The fourth-order valence-corrected chi connectivity index (χ4v) is 4.87. The number of rotatable bonds is 4. The molecule has 0 bridgehead atoms. The summed E-state index contributed by atoms with van der Waals surface area (Å²) in [4.78, 5) is 4.82. The fourth-order valence-electron chi connectivity index (χ4n) is 3.11. The summed E-state index contributed by atoms with van der Waals surface area (Å²) in [6, 6.07) is 11.2. The normalized spacial score (nSPS) is 15.3. The molecule has 0 aliphatic carbocycles. The average molecular weight is 475 g/mol. The summed E-state index contributed by atoms with van der Waals surface area (Å²) in [5, 5.41) is 0. The predicted molar refractivity (Wildman–Crippen MR) is 118 cm³/mol. The summed E-state index contributed by atoms with van der Waals surface area (Å²) in [6.07, 6.45) is 0. The molecule has 1 aliphatic heterocycles. The molecular formula is C19H25BrClN3O2S. The number of nitrogens with one attached hydrogen (secondary N) is 1. The first-order valence-corrected chi connectivity index (χ1v) is 10.9.